The summed E-state index contributed by atoms with van der Waals surface area (Å²) in [7, 11) is 1.46. The van der Waals surface area contributed by atoms with Crippen LogP contribution >= 0.6 is 0 Å². The maximum absolute atomic E-state index is 11.9. The van der Waals surface area contributed by atoms with Gasteiger partial charge in [0.25, 0.3) is 0 Å². The van der Waals surface area contributed by atoms with Crippen molar-refractivity contribution in [3.8, 4) is 0 Å². The Labute approximate surface area is 147 Å². The van der Waals surface area contributed by atoms with Crippen LogP contribution in [0.3, 0.4) is 0 Å². The van der Waals surface area contributed by atoms with Gasteiger partial charge in [-0.2, -0.15) is 0 Å². The zero-order chi connectivity index (χ0) is 17.8. The second-order valence-corrected chi connectivity index (χ2v) is 9.57. The van der Waals surface area contributed by atoms with Gasteiger partial charge in [0.15, 0.2) is 0 Å². The maximum atomic E-state index is 11.9. The highest BCUT2D eigenvalue weighted by atomic mass is 16.5. The molecule has 3 nitrogen and oxygen atoms in total. The fourth-order valence-corrected chi connectivity index (χ4v) is 6.24. The number of ether oxygens (including phenoxy) is 2. The number of esters is 1. The molecule has 24 heavy (non-hydrogen) atoms. The largest absolute Gasteiger partial charge is 0.469 e. The molecule has 0 aromatic heterocycles. The first-order valence-electron chi connectivity index (χ1n) is 9.53. The second kappa shape index (κ2) is 5.59. The molecule has 4 atom stereocenters. The molecule has 0 aromatic rings. The van der Waals surface area contributed by atoms with Crippen LogP contribution in [0, 0.1) is 16.7 Å². The number of rotatable bonds is 2. The van der Waals surface area contributed by atoms with Gasteiger partial charge in [0, 0.05) is 5.41 Å². The zero-order valence-corrected chi connectivity index (χ0v) is 16.3. The molecule has 3 heteroatoms. The summed E-state index contributed by atoms with van der Waals surface area (Å²) in [4.78, 5) is 11.9. The van der Waals surface area contributed by atoms with Crippen LogP contribution in [0.1, 0.15) is 79.6 Å². The summed E-state index contributed by atoms with van der Waals surface area (Å²) in [6.07, 6.45) is 9.67. The lowest BCUT2D eigenvalue weighted by atomic mass is 9.46. The highest BCUT2D eigenvalue weighted by Gasteiger charge is 2.64. The molecule has 1 aliphatic heterocycles. The van der Waals surface area contributed by atoms with Gasteiger partial charge in [-0.1, -0.05) is 33.3 Å². The highest BCUT2D eigenvalue weighted by molar-refractivity contribution is 5.70. The number of fused-ring (bicyclic) bond motifs is 2. The Kier molecular flexibility index (Phi) is 4.18. The van der Waals surface area contributed by atoms with E-state index in [1.165, 1.54) is 31.9 Å². The van der Waals surface area contributed by atoms with Gasteiger partial charge in [0.2, 0.25) is 0 Å². The molecule has 1 spiro atoms. The molecule has 3 aliphatic rings. The van der Waals surface area contributed by atoms with Gasteiger partial charge in [-0.15, -0.1) is 0 Å². The van der Waals surface area contributed by atoms with E-state index < -0.39 is 5.60 Å². The van der Waals surface area contributed by atoms with E-state index in [1.807, 2.05) is 0 Å². The summed E-state index contributed by atoms with van der Waals surface area (Å²) in [5.41, 5.74) is 1.27. The molecule has 1 saturated carbocycles. The number of carbonyl (C=O) groups excluding carboxylic acids is 1. The molecule has 0 radical (unpaired) electrons. The molecular formula is C21H34O3. The third-order valence-electron chi connectivity index (χ3n) is 7.62. The summed E-state index contributed by atoms with van der Waals surface area (Å²) in [5, 5.41) is 0. The van der Waals surface area contributed by atoms with Gasteiger partial charge >= 0.3 is 5.97 Å². The Morgan fingerprint density at radius 2 is 1.92 bits per heavy atom. The molecule has 2 aliphatic carbocycles. The number of allylic oxidation sites excluding steroid dienone is 1. The van der Waals surface area contributed by atoms with Crippen molar-refractivity contribution in [1.29, 1.82) is 0 Å². The summed E-state index contributed by atoms with van der Waals surface area (Å²) >= 11 is 0. The number of carbonyl (C=O) groups is 1. The number of hydrogen-bond acceptors (Lipinski definition) is 3. The molecule has 3 rings (SSSR count). The molecule has 0 bridgehead atoms. The van der Waals surface area contributed by atoms with Crippen molar-refractivity contribution in [1.82, 2.24) is 0 Å². The Morgan fingerprint density at radius 3 is 2.58 bits per heavy atom. The van der Waals surface area contributed by atoms with Gasteiger partial charge in [-0.3, -0.25) is 4.79 Å². The number of methoxy groups -OCH3 is 1. The van der Waals surface area contributed by atoms with Crippen molar-refractivity contribution in [3.05, 3.63) is 11.6 Å². The number of hydrogen-bond donors (Lipinski definition) is 0. The molecule has 2 fully saturated rings. The van der Waals surface area contributed by atoms with Crippen LogP contribution in [0.5, 0.6) is 0 Å². The Morgan fingerprint density at radius 1 is 1.21 bits per heavy atom. The van der Waals surface area contributed by atoms with E-state index in [9.17, 15) is 4.79 Å². The fourth-order valence-electron chi connectivity index (χ4n) is 6.24. The quantitative estimate of drug-likeness (QED) is 0.524. The molecule has 0 amide bonds. The summed E-state index contributed by atoms with van der Waals surface area (Å²) < 4.78 is 11.8. The minimum absolute atomic E-state index is 0.154. The fraction of sp³-hybridized carbons (Fsp3) is 0.857. The predicted molar refractivity (Wildman–Crippen MR) is 95.7 cm³/mol. The Bertz CT molecular complexity index is 563. The minimum atomic E-state index is -0.408. The second-order valence-electron chi connectivity index (χ2n) is 9.57. The molecule has 1 heterocycles. The summed E-state index contributed by atoms with van der Waals surface area (Å²) in [6.45, 7) is 11.7. The van der Waals surface area contributed by atoms with E-state index >= 15 is 0 Å². The predicted octanol–water partition coefficient (Wildman–Crippen LogP) is 5.04. The monoisotopic (exact) mass is 334 g/mol. The van der Waals surface area contributed by atoms with E-state index in [4.69, 9.17) is 9.47 Å². The first kappa shape index (κ1) is 18.0. The first-order valence-corrected chi connectivity index (χ1v) is 9.53. The first-order chi connectivity index (χ1) is 11.1. The maximum Gasteiger partial charge on any atom is 0.308 e. The van der Waals surface area contributed by atoms with Crippen molar-refractivity contribution >= 4 is 5.97 Å². The van der Waals surface area contributed by atoms with Crippen molar-refractivity contribution < 1.29 is 14.3 Å². The minimum Gasteiger partial charge on any atom is -0.469 e. The van der Waals surface area contributed by atoms with Gasteiger partial charge < -0.3 is 9.47 Å². The lowest BCUT2D eigenvalue weighted by Gasteiger charge is -2.61. The Balaban J connectivity index is 1.98. The van der Waals surface area contributed by atoms with Gasteiger partial charge in [0.1, 0.15) is 0 Å². The van der Waals surface area contributed by atoms with Gasteiger partial charge in [0.05, 0.1) is 24.7 Å². The topological polar surface area (TPSA) is 35.5 Å². The molecule has 0 N–H and O–H groups in total. The van der Waals surface area contributed by atoms with Crippen LogP contribution in [-0.4, -0.2) is 24.3 Å². The van der Waals surface area contributed by atoms with E-state index in [2.05, 4.69) is 40.7 Å². The average Bonchev–Trinajstić information content (AvgIpc) is 2.83. The third-order valence-corrected chi connectivity index (χ3v) is 7.62. The van der Waals surface area contributed by atoms with Crippen LogP contribution in [0.2, 0.25) is 0 Å². The van der Waals surface area contributed by atoms with Crippen LogP contribution < -0.4 is 0 Å². The van der Waals surface area contributed by atoms with Crippen molar-refractivity contribution in [2.75, 3.05) is 7.11 Å². The van der Waals surface area contributed by atoms with E-state index in [0.29, 0.717) is 17.8 Å². The highest BCUT2D eigenvalue weighted by Crippen LogP contribution is 2.66. The van der Waals surface area contributed by atoms with Crippen molar-refractivity contribution in [3.63, 3.8) is 0 Å². The van der Waals surface area contributed by atoms with E-state index in [-0.39, 0.29) is 17.0 Å². The molecule has 0 aromatic carbocycles. The molecule has 136 valence electrons. The van der Waals surface area contributed by atoms with Crippen molar-refractivity contribution in [2.24, 2.45) is 16.7 Å². The summed E-state index contributed by atoms with van der Waals surface area (Å²) in [6, 6.07) is 0. The SMILES string of the molecule is COC(=O)C[C@]1(C)CC[C@]2(O1)C(C)=CC[C@@H]1C(C)(C)CCC[C@@]12C. The van der Waals surface area contributed by atoms with Gasteiger partial charge in [-0.05, 0) is 62.9 Å². The Hall–Kier alpha value is -0.830. The smallest absolute Gasteiger partial charge is 0.308 e. The van der Waals surface area contributed by atoms with Crippen molar-refractivity contribution in [2.45, 2.75) is 90.8 Å². The summed E-state index contributed by atoms with van der Waals surface area (Å²) in [5.74, 6) is 0.473. The molecule has 0 unspecified atom stereocenters. The van der Waals surface area contributed by atoms with Crippen LogP contribution in [-0.2, 0) is 14.3 Å². The normalized spacial score (nSPS) is 44.1. The third kappa shape index (κ3) is 2.46. The standard InChI is InChI=1S/C21H34O3/c1-15-8-9-16-18(2,3)10-7-11-20(16,5)21(15)13-12-19(4,24-21)14-17(22)23-6/h8,16H,7,9-14H2,1-6H3/t16-,19+,20+,21+/m1/s1. The van der Waals surface area contributed by atoms with Crippen LogP contribution in [0.15, 0.2) is 11.6 Å². The van der Waals surface area contributed by atoms with Gasteiger partial charge in [-0.25, -0.2) is 0 Å². The zero-order valence-electron chi connectivity index (χ0n) is 16.3. The molecule has 1 saturated heterocycles. The lowest BCUT2D eigenvalue weighted by molar-refractivity contribution is -0.193. The average molecular weight is 335 g/mol. The van der Waals surface area contributed by atoms with E-state index in [0.717, 1.165) is 19.3 Å². The van der Waals surface area contributed by atoms with Crippen LogP contribution in [0.4, 0.5) is 0 Å². The molecular weight excluding hydrogens is 300 g/mol. The lowest BCUT2D eigenvalue weighted by Crippen LogP contribution is -2.59. The van der Waals surface area contributed by atoms with E-state index in [1.54, 1.807) is 0 Å². The van der Waals surface area contributed by atoms with Crippen LogP contribution in [0.25, 0.3) is 0 Å².